The van der Waals surface area contributed by atoms with Gasteiger partial charge in [0.2, 0.25) is 0 Å². The number of fused-ring (bicyclic) bond motifs is 3. The van der Waals surface area contributed by atoms with Gasteiger partial charge in [-0.05, 0) is 36.1 Å². The summed E-state index contributed by atoms with van der Waals surface area (Å²) in [6.45, 7) is 2.80. The van der Waals surface area contributed by atoms with E-state index in [4.69, 9.17) is 5.73 Å². The molecule has 0 fully saturated rings. The topological polar surface area (TPSA) is 48.0 Å². The van der Waals surface area contributed by atoms with Crippen LogP contribution in [0, 0.1) is 0 Å². The van der Waals surface area contributed by atoms with E-state index in [0.717, 1.165) is 40.3 Å². The smallest absolute Gasteiger partial charge is 0.258 e. The van der Waals surface area contributed by atoms with Crippen LogP contribution in [-0.4, -0.2) is 4.57 Å². The number of nitrogens with zero attached hydrogens (tertiary/aromatic N) is 1. The van der Waals surface area contributed by atoms with Gasteiger partial charge < -0.3 is 10.3 Å². The second-order valence-electron chi connectivity index (χ2n) is 4.78. The molecule has 0 aliphatic rings. The van der Waals surface area contributed by atoms with Crippen molar-refractivity contribution in [3.8, 4) is 0 Å². The number of nitrogen functional groups attached to an aromatic ring is 1. The van der Waals surface area contributed by atoms with E-state index in [-0.39, 0.29) is 5.56 Å². The van der Waals surface area contributed by atoms with Gasteiger partial charge in [0.05, 0.1) is 5.52 Å². The number of anilines is 1. The molecule has 0 aliphatic heterocycles. The summed E-state index contributed by atoms with van der Waals surface area (Å²) >= 11 is 0. The van der Waals surface area contributed by atoms with E-state index < -0.39 is 0 Å². The van der Waals surface area contributed by atoms with Crippen LogP contribution in [0.2, 0.25) is 0 Å². The zero-order valence-corrected chi connectivity index (χ0v) is 10.9. The lowest BCUT2D eigenvalue weighted by molar-refractivity contribution is 0.683. The van der Waals surface area contributed by atoms with Gasteiger partial charge >= 0.3 is 0 Å². The monoisotopic (exact) mass is 252 g/mol. The van der Waals surface area contributed by atoms with Crippen LogP contribution >= 0.6 is 0 Å². The highest BCUT2D eigenvalue weighted by atomic mass is 16.1. The molecule has 0 aliphatic carbocycles. The lowest BCUT2D eigenvalue weighted by Crippen LogP contribution is -2.20. The maximum absolute atomic E-state index is 12.5. The molecule has 0 saturated heterocycles. The fraction of sp³-hybridized carbons (Fsp3) is 0.188. The number of pyridine rings is 1. The maximum Gasteiger partial charge on any atom is 0.258 e. The first kappa shape index (κ1) is 11.8. The fourth-order valence-corrected chi connectivity index (χ4v) is 2.61. The lowest BCUT2D eigenvalue weighted by atomic mass is 10.1. The summed E-state index contributed by atoms with van der Waals surface area (Å²) < 4.78 is 1.84. The molecule has 0 unspecified atom stereocenters. The molecule has 0 amide bonds. The average Bonchev–Trinajstić information content (AvgIpc) is 2.44. The quantitative estimate of drug-likeness (QED) is 0.562. The molecule has 3 nitrogen and oxygen atoms in total. The third-order valence-electron chi connectivity index (χ3n) is 3.45. The Bertz CT molecular complexity index is 818. The fourth-order valence-electron chi connectivity index (χ4n) is 2.61. The van der Waals surface area contributed by atoms with Gasteiger partial charge in [0, 0.05) is 23.0 Å². The van der Waals surface area contributed by atoms with Crippen LogP contribution in [0.5, 0.6) is 0 Å². The van der Waals surface area contributed by atoms with Gasteiger partial charge in [-0.1, -0.05) is 25.1 Å². The first-order chi connectivity index (χ1) is 9.22. The Hall–Kier alpha value is -2.29. The van der Waals surface area contributed by atoms with Crippen LogP contribution in [0.15, 0.2) is 47.3 Å². The first-order valence-electron chi connectivity index (χ1n) is 6.53. The molecule has 0 bridgehead atoms. The molecule has 0 spiro atoms. The Morgan fingerprint density at radius 2 is 1.79 bits per heavy atom. The predicted molar refractivity (Wildman–Crippen MR) is 80.4 cm³/mol. The zero-order valence-electron chi connectivity index (χ0n) is 10.9. The highest BCUT2D eigenvalue weighted by Crippen LogP contribution is 2.24. The molecule has 3 heteroatoms. The number of hydrogen-bond acceptors (Lipinski definition) is 2. The second kappa shape index (κ2) is 4.43. The third kappa shape index (κ3) is 1.78. The Labute approximate surface area is 111 Å². The average molecular weight is 252 g/mol. The molecule has 96 valence electrons. The van der Waals surface area contributed by atoms with Crippen molar-refractivity contribution in [2.24, 2.45) is 0 Å². The lowest BCUT2D eigenvalue weighted by Gasteiger charge is -2.12. The van der Waals surface area contributed by atoms with E-state index in [1.807, 2.05) is 47.0 Å². The summed E-state index contributed by atoms with van der Waals surface area (Å²) in [5.74, 6) is 0. The molecular formula is C16H16N2O. The van der Waals surface area contributed by atoms with Crippen molar-refractivity contribution >= 4 is 27.4 Å². The summed E-state index contributed by atoms with van der Waals surface area (Å²) in [6, 6.07) is 13.5. The van der Waals surface area contributed by atoms with Crippen LogP contribution < -0.4 is 11.3 Å². The number of rotatable bonds is 2. The normalized spacial score (nSPS) is 11.2. The Morgan fingerprint density at radius 1 is 1.05 bits per heavy atom. The SMILES string of the molecule is CCCn1c(=O)c2ccccc2c2cc(N)ccc21. The molecule has 2 N–H and O–H groups in total. The molecule has 0 saturated carbocycles. The highest BCUT2D eigenvalue weighted by molar-refractivity contribution is 6.06. The molecule has 19 heavy (non-hydrogen) atoms. The van der Waals surface area contributed by atoms with Gasteiger partial charge in [-0.2, -0.15) is 0 Å². The molecule has 3 rings (SSSR count). The molecule has 0 atom stereocenters. The highest BCUT2D eigenvalue weighted by Gasteiger charge is 2.09. The molecule has 0 radical (unpaired) electrons. The minimum Gasteiger partial charge on any atom is -0.399 e. The Kier molecular flexibility index (Phi) is 2.75. The molecule has 1 heterocycles. The van der Waals surface area contributed by atoms with Crippen molar-refractivity contribution in [2.45, 2.75) is 19.9 Å². The first-order valence-corrected chi connectivity index (χ1v) is 6.53. The van der Waals surface area contributed by atoms with Crippen molar-refractivity contribution in [2.75, 3.05) is 5.73 Å². The number of aromatic nitrogens is 1. The van der Waals surface area contributed by atoms with Crippen LogP contribution in [-0.2, 0) is 6.54 Å². The second-order valence-corrected chi connectivity index (χ2v) is 4.78. The van der Waals surface area contributed by atoms with Crippen molar-refractivity contribution in [1.29, 1.82) is 0 Å². The van der Waals surface area contributed by atoms with Crippen molar-refractivity contribution < 1.29 is 0 Å². The number of hydrogen-bond donors (Lipinski definition) is 1. The van der Waals surface area contributed by atoms with Crippen molar-refractivity contribution in [1.82, 2.24) is 4.57 Å². The summed E-state index contributed by atoms with van der Waals surface area (Å²) in [4.78, 5) is 12.5. The number of nitrogens with two attached hydrogens (primary N) is 1. The van der Waals surface area contributed by atoms with E-state index in [0.29, 0.717) is 0 Å². The summed E-state index contributed by atoms with van der Waals surface area (Å²) in [7, 11) is 0. The van der Waals surface area contributed by atoms with Crippen LogP contribution in [0.25, 0.3) is 21.7 Å². The third-order valence-corrected chi connectivity index (χ3v) is 3.45. The van der Waals surface area contributed by atoms with Crippen LogP contribution in [0.3, 0.4) is 0 Å². The minimum atomic E-state index is 0.0784. The zero-order chi connectivity index (χ0) is 13.4. The van der Waals surface area contributed by atoms with Crippen LogP contribution in [0.4, 0.5) is 5.69 Å². The van der Waals surface area contributed by atoms with E-state index in [1.165, 1.54) is 0 Å². The summed E-state index contributed by atoms with van der Waals surface area (Å²) in [5, 5.41) is 2.78. The summed E-state index contributed by atoms with van der Waals surface area (Å²) in [6.07, 6.45) is 0.928. The minimum absolute atomic E-state index is 0.0784. The van der Waals surface area contributed by atoms with Crippen molar-refractivity contribution in [3.05, 3.63) is 52.8 Å². The molecule has 3 aromatic rings. The summed E-state index contributed by atoms with van der Waals surface area (Å²) in [5.41, 5.74) is 7.65. The molecule has 2 aromatic carbocycles. The number of aryl methyl sites for hydroxylation is 1. The van der Waals surface area contributed by atoms with Gasteiger partial charge in [-0.25, -0.2) is 0 Å². The van der Waals surface area contributed by atoms with E-state index >= 15 is 0 Å². The van der Waals surface area contributed by atoms with Gasteiger partial charge in [-0.15, -0.1) is 0 Å². The van der Waals surface area contributed by atoms with Crippen molar-refractivity contribution in [3.63, 3.8) is 0 Å². The number of benzene rings is 2. The van der Waals surface area contributed by atoms with Crippen LogP contribution in [0.1, 0.15) is 13.3 Å². The predicted octanol–water partition coefficient (Wildman–Crippen LogP) is 3.15. The van der Waals surface area contributed by atoms with Gasteiger partial charge in [-0.3, -0.25) is 4.79 Å². The van der Waals surface area contributed by atoms with Gasteiger partial charge in [0.15, 0.2) is 0 Å². The standard InChI is InChI=1S/C16H16N2O/c1-2-9-18-15-8-7-11(17)10-14(15)12-5-3-4-6-13(12)16(18)19/h3-8,10H,2,9,17H2,1H3. The van der Waals surface area contributed by atoms with Gasteiger partial charge in [0.25, 0.3) is 5.56 Å². The Morgan fingerprint density at radius 3 is 2.53 bits per heavy atom. The van der Waals surface area contributed by atoms with E-state index in [1.54, 1.807) is 0 Å². The van der Waals surface area contributed by atoms with E-state index in [2.05, 4.69) is 6.92 Å². The molecule has 1 aromatic heterocycles. The molecular weight excluding hydrogens is 236 g/mol. The largest absolute Gasteiger partial charge is 0.399 e. The van der Waals surface area contributed by atoms with Gasteiger partial charge in [0.1, 0.15) is 0 Å². The Balaban J connectivity index is 2.58. The van der Waals surface area contributed by atoms with E-state index in [9.17, 15) is 4.79 Å². The maximum atomic E-state index is 12.5.